The van der Waals surface area contributed by atoms with E-state index in [-0.39, 0.29) is 18.4 Å². The molecule has 2 heterocycles. The van der Waals surface area contributed by atoms with Crippen LogP contribution >= 0.6 is 23.2 Å². The minimum Gasteiger partial charge on any atom is -0.348 e. The van der Waals surface area contributed by atoms with Crippen molar-refractivity contribution < 1.29 is 9.47 Å². The zero-order chi connectivity index (χ0) is 16.2. The molecule has 0 radical (unpaired) electrons. The van der Waals surface area contributed by atoms with E-state index in [1.54, 1.807) is 12.4 Å². The molecule has 3 atom stereocenters. The van der Waals surface area contributed by atoms with Crippen molar-refractivity contribution in [3.63, 3.8) is 0 Å². The van der Waals surface area contributed by atoms with Crippen molar-refractivity contribution in [3.8, 4) is 0 Å². The first-order valence-electron chi connectivity index (χ1n) is 7.90. The lowest BCUT2D eigenvalue weighted by atomic mass is 10.1. The smallest absolute Gasteiger partial charge is 0.180 e. The van der Waals surface area contributed by atoms with Crippen LogP contribution in [0.15, 0.2) is 23.2 Å². The number of nitrogens with zero attached hydrogens (tertiary/aromatic N) is 2. The van der Waals surface area contributed by atoms with Crippen molar-refractivity contribution in [3.05, 3.63) is 33.8 Å². The Hall–Kier alpha value is -0.850. The predicted octanol–water partition coefficient (Wildman–Crippen LogP) is 3.25. The standard InChI is InChI=1S/C16H21Cl2N3O2/c1-2-3-13-8-22-16(23-13)15(21-10-19-9-20-21)6-11-4-5-12(17)7-14(11)18/h4-5,7,10,13,15-16,20H,2-3,6,8-9H2,1H3. The van der Waals surface area contributed by atoms with Crippen LogP contribution in [0.4, 0.5) is 0 Å². The van der Waals surface area contributed by atoms with E-state index < -0.39 is 0 Å². The van der Waals surface area contributed by atoms with Gasteiger partial charge in [0.2, 0.25) is 0 Å². The summed E-state index contributed by atoms with van der Waals surface area (Å²) in [6, 6.07) is 5.52. The van der Waals surface area contributed by atoms with E-state index in [4.69, 9.17) is 32.7 Å². The van der Waals surface area contributed by atoms with Crippen LogP contribution in [0.1, 0.15) is 25.3 Å². The molecule has 1 fully saturated rings. The topological polar surface area (TPSA) is 46.1 Å². The van der Waals surface area contributed by atoms with E-state index in [1.807, 2.05) is 17.1 Å². The lowest BCUT2D eigenvalue weighted by Crippen LogP contribution is -2.49. The second kappa shape index (κ2) is 7.81. The third-order valence-corrected chi connectivity index (χ3v) is 4.64. The molecule has 0 aromatic heterocycles. The maximum absolute atomic E-state index is 6.33. The Balaban J connectivity index is 1.75. The maximum atomic E-state index is 6.33. The highest BCUT2D eigenvalue weighted by Gasteiger charge is 2.36. The van der Waals surface area contributed by atoms with Gasteiger partial charge in [0.1, 0.15) is 19.0 Å². The number of hydrazine groups is 1. The number of hydrogen-bond donors (Lipinski definition) is 1. The van der Waals surface area contributed by atoms with E-state index in [0.29, 0.717) is 29.7 Å². The molecule has 7 heteroatoms. The fourth-order valence-corrected chi connectivity index (χ4v) is 3.36. The first-order chi connectivity index (χ1) is 11.2. The third kappa shape index (κ3) is 4.17. The van der Waals surface area contributed by atoms with Gasteiger partial charge in [0.15, 0.2) is 6.29 Å². The summed E-state index contributed by atoms with van der Waals surface area (Å²) in [6.07, 6.45) is 4.40. The average Bonchev–Trinajstić information content (AvgIpc) is 3.19. The van der Waals surface area contributed by atoms with Gasteiger partial charge >= 0.3 is 0 Å². The fraction of sp³-hybridized carbons (Fsp3) is 0.562. The Labute approximate surface area is 146 Å². The summed E-state index contributed by atoms with van der Waals surface area (Å²) in [5.74, 6) is 0. The molecule has 0 aliphatic carbocycles. The van der Waals surface area contributed by atoms with Crippen molar-refractivity contribution in [2.75, 3.05) is 13.3 Å². The number of ether oxygens (including phenoxy) is 2. The second-order valence-corrected chi connectivity index (χ2v) is 6.62. The van der Waals surface area contributed by atoms with Crippen molar-refractivity contribution in [2.24, 2.45) is 4.99 Å². The monoisotopic (exact) mass is 357 g/mol. The van der Waals surface area contributed by atoms with Crippen molar-refractivity contribution in [1.82, 2.24) is 10.4 Å². The molecule has 2 aliphatic heterocycles. The molecule has 0 bridgehead atoms. The lowest BCUT2D eigenvalue weighted by molar-refractivity contribution is -0.104. The lowest BCUT2D eigenvalue weighted by Gasteiger charge is -2.30. The molecule has 126 valence electrons. The minimum absolute atomic E-state index is 0.0400. The molecule has 3 rings (SSSR count). The highest BCUT2D eigenvalue weighted by atomic mass is 35.5. The Bertz CT molecular complexity index is 570. The predicted molar refractivity (Wildman–Crippen MR) is 91.8 cm³/mol. The molecule has 0 spiro atoms. The molecule has 1 aromatic carbocycles. The summed E-state index contributed by atoms with van der Waals surface area (Å²) in [5, 5.41) is 3.23. The Morgan fingerprint density at radius 1 is 1.43 bits per heavy atom. The summed E-state index contributed by atoms with van der Waals surface area (Å²) in [6.45, 7) is 3.35. The van der Waals surface area contributed by atoms with Gasteiger partial charge in [-0.15, -0.1) is 0 Å². The van der Waals surface area contributed by atoms with E-state index >= 15 is 0 Å². The van der Waals surface area contributed by atoms with E-state index in [1.165, 1.54) is 0 Å². The molecule has 0 saturated carbocycles. The van der Waals surface area contributed by atoms with Crippen molar-refractivity contribution >= 4 is 29.5 Å². The molecule has 1 N–H and O–H groups in total. The van der Waals surface area contributed by atoms with Crippen molar-refractivity contribution in [2.45, 2.75) is 44.6 Å². The number of rotatable bonds is 6. The zero-order valence-corrected chi connectivity index (χ0v) is 14.6. The minimum atomic E-state index is -0.310. The van der Waals surface area contributed by atoms with Gasteiger partial charge in [-0.3, -0.25) is 10.0 Å². The first-order valence-corrected chi connectivity index (χ1v) is 8.65. The van der Waals surface area contributed by atoms with Gasteiger partial charge in [-0.25, -0.2) is 5.43 Å². The number of aliphatic imine (C=N–C) groups is 1. The molecule has 0 amide bonds. The zero-order valence-electron chi connectivity index (χ0n) is 13.0. The number of benzene rings is 1. The van der Waals surface area contributed by atoms with E-state index in [0.717, 1.165) is 18.4 Å². The molecule has 2 aliphatic rings. The van der Waals surface area contributed by atoms with Gasteiger partial charge in [0.25, 0.3) is 0 Å². The van der Waals surface area contributed by atoms with Gasteiger partial charge in [0.05, 0.1) is 12.7 Å². The summed E-state index contributed by atoms with van der Waals surface area (Å²) in [7, 11) is 0. The van der Waals surface area contributed by atoms with Crippen molar-refractivity contribution in [1.29, 1.82) is 0 Å². The first kappa shape index (κ1) is 17.0. The van der Waals surface area contributed by atoms with Gasteiger partial charge in [-0.05, 0) is 24.1 Å². The largest absolute Gasteiger partial charge is 0.348 e. The second-order valence-electron chi connectivity index (χ2n) is 5.78. The highest BCUT2D eigenvalue weighted by Crippen LogP contribution is 2.27. The molecule has 23 heavy (non-hydrogen) atoms. The van der Waals surface area contributed by atoms with Crippen LogP contribution in [-0.2, 0) is 15.9 Å². The fourth-order valence-electron chi connectivity index (χ4n) is 2.88. The number of nitrogens with one attached hydrogen (secondary N) is 1. The normalized spacial score (nSPS) is 25.3. The Morgan fingerprint density at radius 3 is 3.00 bits per heavy atom. The molecule has 1 saturated heterocycles. The van der Waals surface area contributed by atoms with Gasteiger partial charge in [0, 0.05) is 16.5 Å². The Morgan fingerprint density at radius 2 is 2.30 bits per heavy atom. The van der Waals surface area contributed by atoms with E-state index in [2.05, 4.69) is 17.3 Å². The van der Waals surface area contributed by atoms with Crippen LogP contribution in [-0.4, -0.2) is 43.1 Å². The highest BCUT2D eigenvalue weighted by molar-refractivity contribution is 6.35. The summed E-state index contributed by atoms with van der Waals surface area (Å²) in [5.41, 5.74) is 4.22. The maximum Gasteiger partial charge on any atom is 0.180 e. The summed E-state index contributed by atoms with van der Waals surface area (Å²) in [4.78, 5) is 4.22. The molecular formula is C16H21Cl2N3O2. The summed E-state index contributed by atoms with van der Waals surface area (Å²) >= 11 is 12.3. The molecule has 5 nitrogen and oxygen atoms in total. The van der Waals surface area contributed by atoms with Gasteiger partial charge in [-0.2, -0.15) is 0 Å². The number of halogens is 2. The Kier molecular flexibility index (Phi) is 5.77. The van der Waals surface area contributed by atoms with Crippen LogP contribution in [0.2, 0.25) is 10.0 Å². The molecule has 1 aromatic rings. The van der Waals surface area contributed by atoms with Crippen LogP contribution in [0.5, 0.6) is 0 Å². The SMILES string of the molecule is CCCC1COC(C(Cc2ccc(Cl)cc2Cl)N2C=NCN2)O1. The van der Waals surface area contributed by atoms with Crippen LogP contribution in [0.25, 0.3) is 0 Å². The number of hydrogen-bond acceptors (Lipinski definition) is 5. The van der Waals surface area contributed by atoms with Gasteiger partial charge in [-0.1, -0.05) is 42.6 Å². The molecular weight excluding hydrogens is 337 g/mol. The van der Waals surface area contributed by atoms with Gasteiger partial charge < -0.3 is 9.47 Å². The average molecular weight is 358 g/mol. The molecule has 3 unspecified atom stereocenters. The van der Waals surface area contributed by atoms with Crippen LogP contribution in [0.3, 0.4) is 0 Å². The van der Waals surface area contributed by atoms with E-state index in [9.17, 15) is 0 Å². The van der Waals surface area contributed by atoms with Crippen LogP contribution in [0, 0.1) is 0 Å². The quantitative estimate of drug-likeness (QED) is 0.848. The summed E-state index contributed by atoms with van der Waals surface area (Å²) < 4.78 is 12.0. The van der Waals surface area contributed by atoms with Crippen LogP contribution < -0.4 is 5.43 Å². The third-order valence-electron chi connectivity index (χ3n) is 4.05.